The number of rotatable bonds is 7. The fraction of sp³-hybridized carbons (Fsp3) is 0.478. The smallest absolute Gasteiger partial charge is 0.261 e. The van der Waals surface area contributed by atoms with Crippen LogP contribution >= 0.6 is 11.3 Å². The predicted molar refractivity (Wildman–Crippen MR) is 122 cm³/mol. The molecule has 5 nitrogen and oxygen atoms in total. The number of hydrogen-bond acceptors (Lipinski definition) is 5. The molecule has 3 aromatic rings. The van der Waals surface area contributed by atoms with E-state index in [-0.39, 0.29) is 5.91 Å². The Morgan fingerprint density at radius 3 is 2.59 bits per heavy atom. The maximum atomic E-state index is 12.6. The van der Waals surface area contributed by atoms with Gasteiger partial charge >= 0.3 is 0 Å². The van der Waals surface area contributed by atoms with Gasteiger partial charge in [-0.05, 0) is 57.1 Å². The summed E-state index contributed by atoms with van der Waals surface area (Å²) in [7, 11) is 0. The molecule has 1 amide bonds. The first-order chi connectivity index (χ1) is 14.1. The molecule has 0 spiro atoms. The molecular weight excluding hydrogens is 380 g/mol. The first-order valence-electron chi connectivity index (χ1n) is 10.7. The number of aromatic nitrogens is 1. The number of benzene rings is 1. The molecule has 2 aromatic heterocycles. The lowest BCUT2D eigenvalue weighted by molar-refractivity contribution is 0.0952. The van der Waals surface area contributed by atoms with Gasteiger partial charge in [0.05, 0.1) is 10.4 Å². The summed E-state index contributed by atoms with van der Waals surface area (Å²) in [5.74, 6) is 0.0148. The summed E-state index contributed by atoms with van der Waals surface area (Å²) >= 11 is 1.48. The largest absolute Gasteiger partial charge is 0.351 e. The molecule has 0 radical (unpaired) electrons. The fourth-order valence-corrected chi connectivity index (χ4v) is 4.95. The number of nitrogens with one attached hydrogen (secondary N) is 1. The van der Waals surface area contributed by atoms with E-state index in [1.807, 2.05) is 12.1 Å². The van der Waals surface area contributed by atoms with Crippen LogP contribution in [-0.2, 0) is 0 Å². The maximum absolute atomic E-state index is 12.6. The molecule has 1 aromatic carbocycles. The van der Waals surface area contributed by atoms with Crippen molar-refractivity contribution in [1.82, 2.24) is 20.1 Å². The molecule has 0 atom stereocenters. The van der Waals surface area contributed by atoms with Gasteiger partial charge in [-0.1, -0.05) is 18.6 Å². The molecule has 1 N–H and O–H groups in total. The van der Waals surface area contributed by atoms with Gasteiger partial charge in [-0.2, -0.15) is 0 Å². The van der Waals surface area contributed by atoms with Crippen LogP contribution in [0.2, 0.25) is 0 Å². The highest BCUT2D eigenvalue weighted by molar-refractivity contribution is 7.20. The minimum absolute atomic E-state index is 0.0148. The fourth-order valence-electron chi connectivity index (χ4n) is 4.01. The molecule has 0 aliphatic carbocycles. The third-order valence-electron chi connectivity index (χ3n) is 5.62. The number of thiophene rings is 1. The summed E-state index contributed by atoms with van der Waals surface area (Å²) in [5.41, 5.74) is 2.20. The Balaban J connectivity index is 1.28. The standard InChI is InChI=1S/C23H30N4OS/c1-3-8-26-10-12-27(13-11-26)9-4-7-24-22(28)21-16-19-15-18-14-17(2)5-6-20(18)25-23(19)29-21/h5-6,14-16H,3-4,7-13H2,1-2H3,(H,24,28). The number of piperazine rings is 1. The summed E-state index contributed by atoms with van der Waals surface area (Å²) in [5, 5.41) is 5.26. The third-order valence-corrected chi connectivity index (χ3v) is 6.66. The SMILES string of the molecule is CCCN1CCN(CCCNC(=O)c2cc3cc4cc(C)ccc4nc3s2)CC1. The molecule has 0 unspecified atom stereocenters. The van der Waals surface area contributed by atoms with Crippen molar-refractivity contribution >= 4 is 38.4 Å². The van der Waals surface area contributed by atoms with Crippen molar-refractivity contribution < 1.29 is 4.79 Å². The van der Waals surface area contributed by atoms with Crippen LogP contribution in [-0.4, -0.2) is 66.5 Å². The molecule has 154 valence electrons. The van der Waals surface area contributed by atoms with E-state index in [9.17, 15) is 4.79 Å². The van der Waals surface area contributed by atoms with E-state index in [2.05, 4.69) is 47.2 Å². The van der Waals surface area contributed by atoms with Gasteiger partial charge in [0.25, 0.3) is 5.91 Å². The highest BCUT2D eigenvalue weighted by Gasteiger charge is 2.16. The average molecular weight is 411 g/mol. The number of fused-ring (bicyclic) bond motifs is 2. The first kappa shape index (κ1) is 20.3. The van der Waals surface area contributed by atoms with Gasteiger partial charge in [0.1, 0.15) is 4.83 Å². The Morgan fingerprint density at radius 1 is 1.07 bits per heavy atom. The Hall–Kier alpha value is -2.02. The quantitative estimate of drug-likeness (QED) is 0.600. The van der Waals surface area contributed by atoms with Crippen LogP contribution in [0.3, 0.4) is 0 Å². The van der Waals surface area contributed by atoms with Crippen LogP contribution in [0.5, 0.6) is 0 Å². The molecule has 6 heteroatoms. The lowest BCUT2D eigenvalue weighted by Crippen LogP contribution is -2.47. The molecule has 29 heavy (non-hydrogen) atoms. The van der Waals surface area contributed by atoms with Crippen molar-refractivity contribution in [1.29, 1.82) is 0 Å². The molecular formula is C23H30N4OS. The Morgan fingerprint density at radius 2 is 1.83 bits per heavy atom. The lowest BCUT2D eigenvalue weighted by Gasteiger charge is -2.34. The summed E-state index contributed by atoms with van der Waals surface area (Å²) < 4.78 is 0. The van der Waals surface area contributed by atoms with Gasteiger partial charge in [-0.3, -0.25) is 4.79 Å². The van der Waals surface area contributed by atoms with Crippen molar-refractivity contribution in [3.8, 4) is 0 Å². The van der Waals surface area contributed by atoms with Crippen LogP contribution < -0.4 is 5.32 Å². The zero-order chi connectivity index (χ0) is 20.2. The van der Waals surface area contributed by atoms with E-state index >= 15 is 0 Å². The van der Waals surface area contributed by atoms with Gasteiger partial charge in [-0.15, -0.1) is 11.3 Å². The zero-order valence-corrected chi connectivity index (χ0v) is 18.2. The molecule has 1 aliphatic heterocycles. The summed E-state index contributed by atoms with van der Waals surface area (Å²) in [6.45, 7) is 11.9. The van der Waals surface area contributed by atoms with Gasteiger partial charge in [-0.25, -0.2) is 4.98 Å². The number of carbonyl (C=O) groups excluding carboxylic acids is 1. The molecule has 1 fully saturated rings. The van der Waals surface area contributed by atoms with Crippen molar-refractivity contribution in [3.05, 3.63) is 40.8 Å². The Labute approximate surface area is 176 Å². The predicted octanol–water partition coefficient (Wildman–Crippen LogP) is 3.91. The monoisotopic (exact) mass is 410 g/mol. The summed E-state index contributed by atoms with van der Waals surface area (Å²) in [6.07, 6.45) is 2.22. The van der Waals surface area contributed by atoms with Gasteiger partial charge in [0, 0.05) is 43.5 Å². The summed E-state index contributed by atoms with van der Waals surface area (Å²) in [4.78, 5) is 24.0. The molecule has 0 bridgehead atoms. The van der Waals surface area contributed by atoms with E-state index in [1.54, 1.807) is 0 Å². The average Bonchev–Trinajstić information content (AvgIpc) is 3.13. The van der Waals surface area contributed by atoms with E-state index in [0.717, 1.165) is 58.6 Å². The van der Waals surface area contributed by atoms with Gasteiger partial charge in [0.15, 0.2) is 0 Å². The second-order valence-electron chi connectivity index (χ2n) is 7.98. The van der Waals surface area contributed by atoms with Crippen molar-refractivity contribution in [2.45, 2.75) is 26.7 Å². The molecule has 0 saturated carbocycles. The van der Waals surface area contributed by atoms with Crippen LogP contribution in [0.15, 0.2) is 30.3 Å². The molecule has 4 rings (SSSR count). The highest BCUT2D eigenvalue weighted by Crippen LogP contribution is 2.27. The van der Waals surface area contributed by atoms with Gasteiger partial charge < -0.3 is 15.1 Å². The van der Waals surface area contributed by atoms with E-state index in [0.29, 0.717) is 0 Å². The second-order valence-corrected chi connectivity index (χ2v) is 9.01. The second kappa shape index (κ2) is 9.20. The number of aryl methyl sites for hydroxylation is 1. The number of carbonyl (C=O) groups is 1. The Kier molecular flexibility index (Phi) is 6.43. The van der Waals surface area contributed by atoms with E-state index < -0.39 is 0 Å². The molecule has 3 heterocycles. The maximum Gasteiger partial charge on any atom is 0.261 e. The number of hydrogen-bond donors (Lipinski definition) is 1. The first-order valence-corrected chi connectivity index (χ1v) is 11.5. The molecule has 1 aliphatic rings. The van der Waals surface area contributed by atoms with Crippen LogP contribution in [0.4, 0.5) is 0 Å². The number of pyridine rings is 1. The Bertz CT molecular complexity index is 991. The minimum atomic E-state index is 0.0148. The summed E-state index contributed by atoms with van der Waals surface area (Å²) in [6, 6.07) is 10.4. The van der Waals surface area contributed by atoms with E-state index in [4.69, 9.17) is 4.98 Å². The topological polar surface area (TPSA) is 48.5 Å². The van der Waals surface area contributed by atoms with Crippen molar-refractivity contribution in [2.75, 3.05) is 45.8 Å². The van der Waals surface area contributed by atoms with Crippen molar-refractivity contribution in [3.63, 3.8) is 0 Å². The van der Waals surface area contributed by atoms with E-state index in [1.165, 1.54) is 43.0 Å². The highest BCUT2D eigenvalue weighted by atomic mass is 32.1. The van der Waals surface area contributed by atoms with Crippen molar-refractivity contribution in [2.24, 2.45) is 0 Å². The van der Waals surface area contributed by atoms with Crippen LogP contribution in [0.25, 0.3) is 21.1 Å². The number of nitrogens with zero attached hydrogens (tertiary/aromatic N) is 3. The lowest BCUT2D eigenvalue weighted by atomic mass is 10.1. The minimum Gasteiger partial charge on any atom is -0.351 e. The van der Waals surface area contributed by atoms with Gasteiger partial charge in [0.2, 0.25) is 0 Å². The number of amides is 1. The van der Waals surface area contributed by atoms with Crippen LogP contribution in [0, 0.1) is 6.92 Å². The molecule has 1 saturated heterocycles. The normalized spacial score (nSPS) is 15.9. The van der Waals surface area contributed by atoms with Crippen LogP contribution in [0.1, 0.15) is 35.0 Å². The zero-order valence-electron chi connectivity index (χ0n) is 17.4. The third kappa shape index (κ3) is 4.94.